The zero-order valence-corrected chi connectivity index (χ0v) is 11.4. The molecule has 0 saturated carbocycles. The van der Waals surface area contributed by atoms with Crippen molar-refractivity contribution in [3.63, 3.8) is 0 Å². The van der Waals surface area contributed by atoms with Crippen molar-refractivity contribution in [2.45, 2.75) is 0 Å². The van der Waals surface area contributed by atoms with Crippen molar-refractivity contribution in [3.05, 3.63) is 24.0 Å². The van der Waals surface area contributed by atoms with E-state index in [-0.39, 0.29) is 42.8 Å². The lowest BCUT2D eigenvalue weighted by Crippen LogP contribution is -2.54. The first kappa shape index (κ1) is 14.8. The molecular weight excluding hydrogens is 279 g/mol. The van der Waals surface area contributed by atoms with E-state index in [2.05, 4.69) is 5.32 Å². The number of nitrogen functional groups attached to an aromatic ring is 1. The number of halogens is 1. The lowest BCUT2D eigenvalue weighted by Gasteiger charge is -2.31. The fraction of sp³-hybridized carbons (Fsp3) is 0.308. The Morgan fingerprint density at radius 2 is 2.05 bits per heavy atom. The quantitative estimate of drug-likeness (QED) is 0.745. The molecule has 0 bridgehead atoms. The van der Waals surface area contributed by atoms with Crippen molar-refractivity contribution in [1.29, 1.82) is 0 Å². The van der Waals surface area contributed by atoms with E-state index < -0.39 is 11.7 Å². The lowest BCUT2D eigenvalue weighted by molar-refractivity contribution is -0.149. The Morgan fingerprint density at radius 3 is 2.76 bits per heavy atom. The third-order valence-electron chi connectivity index (χ3n) is 3.10. The van der Waals surface area contributed by atoms with E-state index in [0.717, 1.165) is 11.0 Å². The van der Waals surface area contributed by atoms with Crippen molar-refractivity contribution >= 4 is 29.1 Å². The Bertz CT molecular complexity index is 605. The summed E-state index contributed by atoms with van der Waals surface area (Å²) >= 11 is 0. The summed E-state index contributed by atoms with van der Waals surface area (Å²) in [5, 5.41) is 2.42. The first-order valence-corrected chi connectivity index (χ1v) is 6.23. The fourth-order valence-corrected chi connectivity index (χ4v) is 1.91. The number of nitrogens with one attached hydrogen (secondary N) is 1. The summed E-state index contributed by atoms with van der Waals surface area (Å²) in [4.78, 5) is 37.6. The zero-order valence-electron chi connectivity index (χ0n) is 11.4. The number of amides is 3. The highest BCUT2D eigenvalue weighted by atomic mass is 19.1. The molecule has 1 aliphatic rings. The van der Waals surface area contributed by atoms with Crippen molar-refractivity contribution in [3.8, 4) is 0 Å². The molecule has 0 aromatic heterocycles. The van der Waals surface area contributed by atoms with Gasteiger partial charge in [-0.3, -0.25) is 14.4 Å². The lowest BCUT2D eigenvalue weighted by atomic mass is 10.2. The van der Waals surface area contributed by atoms with E-state index in [4.69, 9.17) is 5.73 Å². The van der Waals surface area contributed by atoms with Crippen LogP contribution in [0.25, 0.3) is 0 Å². The largest absolute Gasteiger partial charge is 0.397 e. The molecule has 21 heavy (non-hydrogen) atoms. The molecule has 1 aromatic carbocycles. The molecule has 2 rings (SSSR count). The van der Waals surface area contributed by atoms with Crippen LogP contribution in [0.1, 0.15) is 0 Å². The van der Waals surface area contributed by atoms with Gasteiger partial charge in [-0.25, -0.2) is 4.39 Å². The SMILES string of the molecule is CN1CC(=O)N(CC(=O)Nc2cc(F)ccc2N)CC1=O. The zero-order chi connectivity index (χ0) is 15.6. The van der Waals surface area contributed by atoms with Gasteiger partial charge in [-0.1, -0.05) is 0 Å². The second-order valence-corrected chi connectivity index (χ2v) is 4.78. The number of nitrogens with zero attached hydrogens (tertiary/aromatic N) is 2. The van der Waals surface area contributed by atoms with Crippen molar-refractivity contribution in [2.75, 3.05) is 37.7 Å². The van der Waals surface area contributed by atoms with Gasteiger partial charge in [0.05, 0.1) is 17.9 Å². The van der Waals surface area contributed by atoms with Crippen molar-refractivity contribution in [1.82, 2.24) is 9.80 Å². The van der Waals surface area contributed by atoms with E-state index in [1.807, 2.05) is 0 Å². The topological polar surface area (TPSA) is 95.7 Å². The minimum absolute atomic E-state index is 0.0613. The molecule has 8 heteroatoms. The summed E-state index contributed by atoms with van der Waals surface area (Å²) in [7, 11) is 1.52. The third-order valence-corrected chi connectivity index (χ3v) is 3.10. The van der Waals surface area contributed by atoms with Crippen LogP contribution >= 0.6 is 0 Å². The molecule has 7 nitrogen and oxygen atoms in total. The van der Waals surface area contributed by atoms with E-state index in [0.29, 0.717) is 0 Å². The first-order valence-electron chi connectivity index (χ1n) is 6.23. The predicted molar refractivity (Wildman–Crippen MR) is 73.7 cm³/mol. The van der Waals surface area contributed by atoms with E-state index in [1.165, 1.54) is 24.1 Å². The van der Waals surface area contributed by atoms with Crippen LogP contribution in [0.15, 0.2) is 18.2 Å². The Labute approximate surface area is 120 Å². The number of hydrogen-bond acceptors (Lipinski definition) is 4. The Morgan fingerprint density at radius 1 is 1.33 bits per heavy atom. The minimum Gasteiger partial charge on any atom is -0.397 e. The molecule has 112 valence electrons. The predicted octanol–water partition coefficient (Wildman–Crippen LogP) is -0.353. The molecular formula is C13H15FN4O3. The Kier molecular flexibility index (Phi) is 4.06. The highest BCUT2D eigenvalue weighted by Crippen LogP contribution is 2.19. The molecule has 1 aromatic rings. The number of piperazine rings is 1. The highest BCUT2D eigenvalue weighted by molar-refractivity contribution is 5.99. The average molecular weight is 294 g/mol. The van der Waals surface area contributed by atoms with Gasteiger partial charge in [-0.05, 0) is 18.2 Å². The van der Waals surface area contributed by atoms with Crippen LogP contribution in [-0.2, 0) is 14.4 Å². The maximum absolute atomic E-state index is 13.1. The molecule has 0 unspecified atom stereocenters. The van der Waals surface area contributed by atoms with Crippen LogP contribution in [0.4, 0.5) is 15.8 Å². The maximum Gasteiger partial charge on any atom is 0.244 e. The summed E-state index contributed by atoms with van der Waals surface area (Å²) in [5.74, 6) is -1.64. The number of carbonyl (C=O) groups excluding carboxylic acids is 3. The number of hydrogen-bond donors (Lipinski definition) is 2. The third kappa shape index (κ3) is 3.47. The number of carbonyl (C=O) groups is 3. The molecule has 1 saturated heterocycles. The number of likely N-dealkylation sites (N-methyl/N-ethyl adjacent to an activating group) is 1. The molecule has 0 radical (unpaired) electrons. The van der Waals surface area contributed by atoms with Gasteiger partial charge in [-0.15, -0.1) is 0 Å². The molecule has 1 aliphatic heterocycles. The van der Waals surface area contributed by atoms with E-state index in [9.17, 15) is 18.8 Å². The summed E-state index contributed by atoms with van der Waals surface area (Å²) in [5.41, 5.74) is 5.96. The maximum atomic E-state index is 13.1. The minimum atomic E-state index is -0.544. The molecule has 1 heterocycles. The summed E-state index contributed by atoms with van der Waals surface area (Å²) in [6.07, 6.45) is 0. The van der Waals surface area contributed by atoms with Crippen molar-refractivity contribution < 1.29 is 18.8 Å². The monoisotopic (exact) mass is 294 g/mol. The molecule has 1 fully saturated rings. The fourth-order valence-electron chi connectivity index (χ4n) is 1.91. The standard InChI is InChI=1S/C13H15FN4O3/c1-17-6-13(21)18(7-12(17)20)5-11(19)16-10-4-8(14)2-3-9(10)15/h2-4H,5-7,15H2,1H3,(H,16,19). The number of rotatable bonds is 3. The van der Waals surface area contributed by atoms with Gasteiger partial charge in [0.25, 0.3) is 0 Å². The molecule has 0 atom stereocenters. The summed E-state index contributed by atoms with van der Waals surface area (Å²) < 4.78 is 13.1. The normalized spacial score (nSPS) is 15.3. The van der Waals surface area contributed by atoms with Crippen LogP contribution in [-0.4, -0.2) is 54.2 Å². The number of anilines is 2. The Hall–Kier alpha value is -2.64. The number of benzene rings is 1. The van der Waals surface area contributed by atoms with Crippen LogP contribution in [0.5, 0.6) is 0 Å². The second kappa shape index (κ2) is 5.78. The average Bonchev–Trinajstić information content (AvgIpc) is 2.40. The Balaban J connectivity index is 2.00. The van der Waals surface area contributed by atoms with Crippen LogP contribution < -0.4 is 11.1 Å². The molecule has 3 amide bonds. The van der Waals surface area contributed by atoms with Crippen LogP contribution in [0.2, 0.25) is 0 Å². The van der Waals surface area contributed by atoms with Gasteiger partial charge in [0.1, 0.15) is 18.9 Å². The van der Waals surface area contributed by atoms with Crippen molar-refractivity contribution in [2.24, 2.45) is 0 Å². The number of nitrogens with two attached hydrogens (primary N) is 1. The van der Waals surface area contributed by atoms with Gasteiger partial charge in [0.2, 0.25) is 17.7 Å². The van der Waals surface area contributed by atoms with E-state index in [1.54, 1.807) is 0 Å². The summed E-state index contributed by atoms with van der Waals surface area (Å²) in [6.45, 7) is -0.496. The van der Waals surface area contributed by atoms with Gasteiger partial charge in [0, 0.05) is 7.05 Å². The van der Waals surface area contributed by atoms with Gasteiger partial charge >= 0.3 is 0 Å². The van der Waals surface area contributed by atoms with Gasteiger partial charge in [0.15, 0.2) is 0 Å². The smallest absolute Gasteiger partial charge is 0.244 e. The first-order chi connectivity index (χ1) is 9.86. The van der Waals surface area contributed by atoms with Crippen LogP contribution in [0.3, 0.4) is 0 Å². The van der Waals surface area contributed by atoms with Gasteiger partial charge in [-0.2, -0.15) is 0 Å². The molecule has 0 spiro atoms. The van der Waals surface area contributed by atoms with Gasteiger partial charge < -0.3 is 20.9 Å². The highest BCUT2D eigenvalue weighted by Gasteiger charge is 2.28. The molecule has 3 N–H and O–H groups in total. The van der Waals surface area contributed by atoms with Crippen LogP contribution in [0, 0.1) is 5.82 Å². The van der Waals surface area contributed by atoms with E-state index >= 15 is 0 Å². The summed E-state index contributed by atoms with van der Waals surface area (Å²) in [6, 6.07) is 3.59. The second-order valence-electron chi connectivity index (χ2n) is 4.78. The molecule has 0 aliphatic carbocycles.